The molecule has 20 heavy (non-hydrogen) atoms. The smallest absolute Gasteiger partial charge is 0.243 e. The van der Waals surface area contributed by atoms with Crippen LogP contribution in [0.2, 0.25) is 0 Å². The summed E-state index contributed by atoms with van der Waals surface area (Å²) in [5.74, 6) is 0. The van der Waals surface area contributed by atoms with Crippen molar-refractivity contribution < 1.29 is 8.42 Å². The third kappa shape index (κ3) is 3.58. The summed E-state index contributed by atoms with van der Waals surface area (Å²) < 4.78 is 26.7. The van der Waals surface area contributed by atoms with E-state index in [9.17, 15) is 8.42 Å². The van der Waals surface area contributed by atoms with E-state index < -0.39 is 10.0 Å². The van der Waals surface area contributed by atoms with Crippen LogP contribution < -0.4 is 5.32 Å². The molecule has 1 N–H and O–H groups in total. The van der Waals surface area contributed by atoms with Crippen molar-refractivity contribution in [3.05, 3.63) is 29.8 Å². The molecular formula is C14H23N3O2S. The van der Waals surface area contributed by atoms with Crippen molar-refractivity contribution in [2.75, 3.05) is 33.7 Å². The van der Waals surface area contributed by atoms with Gasteiger partial charge in [0.05, 0.1) is 4.90 Å². The molecular weight excluding hydrogens is 274 g/mol. The summed E-state index contributed by atoms with van der Waals surface area (Å²) in [4.78, 5) is 2.44. The van der Waals surface area contributed by atoms with E-state index in [-0.39, 0.29) is 6.04 Å². The molecule has 0 aromatic heterocycles. The third-order valence-corrected chi connectivity index (χ3v) is 5.27. The summed E-state index contributed by atoms with van der Waals surface area (Å²) in [7, 11) is 0.625. The second-order valence-corrected chi connectivity index (χ2v) is 7.54. The first kappa shape index (κ1) is 15.4. The number of benzene rings is 1. The highest BCUT2D eigenvalue weighted by atomic mass is 32.2. The summed E-state index contributed by atoms with van der Waals surface area (Å²) in [5, 5.41) is 3.25. The molecule has 6 heteroatoms. The Morgan fingerprint density at radius 1 is 1.30 bits per heavy atom. The Hall–Kier alpha value is -0.950. The van der Waals surface area contributed by atoms with Crippen molar-refractivity contribution in [3.8, 4) is 0 Å². The van der Waals surface area contributed by atoms with Crippen molar-refractivity contribution in [2.24, 2.45) is 0 Å². The predicted molar refractivity (Wildman–Crippen MR) is 80.1 cm³/mol. The molecule has 1 aromatic rings. The predicted octanol–water partition coefficient (Wildman–Crippen LogP) is 0.731. The Morgan fingerprint density at radius 2 is 1.95 bits per heavy atom. The van der Waals surface area contributed by atoms with Crippen molar-refractivity contribution in [1.29, 1.82) is 0 Å². The van der Waals surface area contributed by atoms with Crippen molar-refractivity contribution in [2.45, 2.75) is 24.4 Å². The number of nitrogens with one attached hydrogen (secondary N) is 1. The standard InChI is InChI=1S/C14H23N3O2S/c1-12-10-17(9-8-15-12)20(18,19)14-6-4-13(5-7-14)11-16(2)3/h4-7,12,15H,8-11H2,1-3H3. The molecule has 5 nitrogen and oxygen atoms in total. The molecule has 0 aliphatic carbocycles. The van der Waals surface area contributed by atoms with Crippen LogP contribution in [0.25, 0.3) is 0 Å². The molecule has 0 amide bonds. The fraction of sp³-hybridized carbons (Fsp3) is 0.571. The molecule has 1 unspecified atom stereocenters. The second kappa shape index (κ2) is 6.22. The number of nitrogens with zero attached hydrogens (tertiary/aromatic N) is 2. The molecule has 0 radical (unpaired) electrons. The molecule has 1 aliphatic heterocycles. The zero-order valence-electron chi connectivity index (χ0n) is 12.3. The third-order valence-electron chi connectivity index (χ3n) is 3.39. The van der Waals surface area contributed by atoms with E-state index in [0.717, 1.165) is 12.1 Å². The maximum absolute atomic E-state index is 12.6. The molecule has 1 fully saturated rings. The normalized spacial score (nSPS) is 21.3. The molecule has 1 aliphatic rings. The number of rotatable bonds is 4. The van der Waals surface area contributed by atoms with Crippen LogP contribution in [0.3, 0.4) is 0 Å². The van der Waals surface area contributed by atoms with Gasteiger partial charge in [-0.1, -0.05) is 12.1 Å². The van der Waals surface area contributed by atoms with Gasteiger partial charge in [0.15, 0.2) is 0 Å². The zero-order chi connectivity index (χ0) is 14.8. The molecule has 0 saturated carbocycles. The van der Waals surface area contributed by atoms with Crippen molar-refractivity contribution in [3.63, 3.8) is 0 Å². The van der Waals surface area contributed by atoms with E-state index in [1.54, 1.807) is 16.4 Å². The Bertz CT molecular complexity index is 540. The minimum atomic E-state index is -3.36. The van der Waals surface area contributed by atoms with Crippen molar-refractivity contribution >= 4 is 10.0 Å². The largest absolute Gasteiger partial charge is 0.312 e. The molecule has 1 aromatic carbocycles. The molecule has 1 saturated heterocycles. The van der Waals surface area contributed by atoms with Gasteiger partial charge in [0.25, 0.3) is 0 Å². The summed E-state index contributed by atoms with van der Waals surface area (Å²) in [6, 6.07) is 7.39. The minimum absolute atomic E-state index is 0.200. The zero-order valence-corrected chi connectivity index (χ0v) is 13.2. The minimum Gasteiger partial charge on any atom is -0.312 e. The number of hydrogen-bond donors (Lipinski definition) is 1. The van der Waals surface area contributed by atoms with Gasteiger partial charge in [-0.3, -0.25) is 0 Å². The Morgan fingerprint density at radius 3 is 2.50 bits per heavy atom. The highest BCUT2D eigenvalue weighted by Gasteiger charge is 2.28. The maximum atomic E-state index is 12.6. The monoisotopic (exact) mass is 297 g/mol. The molecule has 1 atom stereocenters. The maximum Gasteiger partial charge on any atom is 0.243 e. The van der Waals surface area contributed by atoms with E-state index in [2.05, 4.69) is 10.2 Å². The van der Waals surface area contributed by atoms with Crippen LogP contribution in [0, 0.1) is 0 Å². The van der Waals surface area contributed by atoms with Gasteiger partial charge in [0, 0.05) is 32.2 Å². The van der Waals surface area contributed by atoms with E-state index in [1.807, 2.05) is 33.2 Å². The second-order valence-electron chi connectivity index (χ2n) is 5.60. The SMILES string of the molecule is CC1CN(S(=O)(=O)c2ccc(CN(C)C)cc2)CCN1. The fourth-order valence-corrected chi connectivity index (χ4v) is 3.93. The number of piperazine rings is 1. The molecule has 1 heterocycles. The van der Waals surface area contributed by atoms with Crippen LogP contribution >= 0.6 is 0 Å². The Balaban J connectivity index is 2.17. The quantitative estimate of drug-likeness (QED) is 0.890. The van der Waals surface area contributed by atoms with Gasteiger partial charge in [0.1, 0.15) is 0 Å². The number of hydrogen-bond acceptors (Lipinski definition) is 4. The lowest BCUT2D eigenvalue weighted by Gasteiger charge is -2.31. The van der Waals surface area contributed by atoms with E-state index in [1.165, 1.54) is 0 Å². The van der Waals surface area contributed by atoms with Gasteiger partial charge >= 0.3 is 0 Å². The van der Waals surface area contributed by atoms with Crippen LogP contribution in [0.1, 0.15) is 12.5 Å². The summed E-state index contributed by atoms with van der Waals surface area (Å²) in [5.41, 5.74) is 1.11. The average molecular weight is 297 g/mol. The Labute approximate surface area is 121 Å². The van der Waals surface area contributed by atoms with Crippen LogP contribution in [-0.2, 0) is 16.6 Å². The van der Waals surface area contributed by atoms with Gasteiger partial charge in [-0.25, -0.2) is 8.42 Å². The molecule has 2 rings (SSSR count). The molecule has 0 spiro atoms. The first-order chi connectivity index (χ1) is 9.39. The summed E-state index contributed by atoms with van der Waals surface area (Å²) in [6.07, 6.45) is 0. The van der Waals surface area contributed by atoms with Gasteiger partial charge in [-0.05, 0) is 38.7 Å². The van der Waals surface area contributed by atoms with Crippen LogP contribution in [0.15, 0.2) is 29.2 Å². The van der Waals surface area contributed by atoms with Crippen LogP contribution in [0.4, 0.5) is 0 Å². The number of sulfonamides is 1. The fourth-order valence-electron chi connectivity index (χ4n) is 2.40. The van der Waals surface area contributed by atoms with Gasteiger partial charge in [-0.15, -0.1) is 0 Å². The first-order valence-electron chi connectivity index (χ1n) is 6.87. The van der Waals surface area contributed by atoms with E-state index in [4.69, 9.17) is 0 Å². The van der Waals surface area contributed by atoms with Crippen LogP contribution in [-0.4, -0.2) is 57.4 Å². The Kier molecular flexibility index (Phi) is 4.80. The lowest BCUT2D eigenvalue weighted by atomic mass is 10.2. The highest BCUT2D eigenvalue weighted by molar-refractivity contribution is 7.89. The highest BCUT2D eigenvalue weighted by Crippen LogP contribution is 2.18. The van der Waals surface area contributed by atoms with Crippen molar-refractivity contribution in [1.82, 2.24) is 14.5 Å². The van der Waals surface area contributed by atoms with Crippen LogP contribution in [0.5, 0.6) is 0 Å². The lowest BCUT2D eigenvalue weighted by Crippen LogP contribution is -2.51. The molecule has 0 bridgehead atoms. The van der Waals surface area contributed by atoms with E-state index >= 15 is 0 Å². The topological polar surface area (TPSA) is 52.7 Å². The molecule has 112 valence electrons. The lowest BCUT2D eigenvalue weighted by molar-refractivity contribution is 0.310. The summed E-state index contributed by atoms with van der Waals surface area (Å²) in [6.45, 7) is 4.58. The van der Waals surface area contributed by atoms with E-state index in [0.29, 0.717) is 24.5 Å². The van der Waals surface area contributed by atoms with Gasteiger partial charge in [-0.2, -0.15) is 4.31 Å². The average Bonchev–Trinajstić information content (AvgIpc) is 2.38. The van der Waals surface area contributed by atoms with Gasteiger partial charge < -0.3 is 10.2 Å². The first-order valence-corrected chi connectivity index (χ1v) is 8.31. The van der Waals surface area contributed by atoms with Gasteiger partial charge in [0.2, 0.25) is 10.0 Å². The summed E-state index contributed by atoms with van der Waals surface area (Å²) >= 11 is 0.